The van der Waals surface area contributed by atoms with E-state index in [2.05, 4.69) is 32.4 Å². The topological polar surface area (TPSA) is 95.1 Å². The molecular weight excluding hydrogens is 494 g/mol. The minimum absolute atomic E-state index is 0.296. The number of morpholine rings is 1. The molecule has 5 rings (SSSR count). The molecule has 0 atom stereocenters. The molecule has 2 aromatic carbocycles. The quantitative estimate of drug-likeness (QED) is 0.454. The molecule has 1 aromatic heterocycles. The normalized spacial score (nSPS) is 16.6. The van der Waals surface area contributed by atoms with Gasteiger partial charge in [-0.3, -0.25) is 4.90 Å². The zero-order valence-electron chi connectivity index (χ0n) is 22.7. The number of carbonyl (C=O) groups is 1. The molecule has 2 saturated heterocycles. The van der Waals surface area contributed by atoms with E-state index in [1.54, 1.807) is 0 Å². The lowest BCUT2D eigenvalue weighted by Gasteiger charge is -2.33. The molecule has 0 spiro atoms. The highest BCUT2D eigenvalue weighted by atomic mass is 16.5. The summed E-state index contributed by atoms with van der Waals surface area (Å²) < 4.78 is 11.8. The highest BCUT2D eigenvalue weighted by molar-refractivity contribution is 5.99. The van der Waals surface area contributed by atoms with Crippen molar-refractivity contribution in [1.29, 1.82) is 0 Å². The first kappa shape index (κ1) is 26.9. The Balaban J connectivity index is 1.40. The molecule has 0 bridgehead atoms. The third kappa shape index (κ3) is 7.03. The van der Waals surface area contributed by atoms with Crippen molar-refractivity contribution in [3.63, 3.8) is 0 Å². The molecule has 39 heavy (non-hydrogen) atoms. The number of ether oxygens (including phenoxy) is 2. The standard InChI is InChI=1S/C29H37N7O3/c1-3-39-26-25(21-35-15-13-34(2)14-16-35)32-27(33-28(26)36-17-19-38-20-18-36)22-9-11-24(12-10-22)31-29(37)30-23-7-5-4-6-8-23/h4-12H,3,13-21H2,1-2H3,(H2,30,31,37). The van der Waals surface area contributed by atoms with Crippen LogP contribution in [0.2, 0.25) is 0 Å². The number of likely N-dealkylation sites (N-methyl/N-ethyl adjacent to an activating group) is 1. The molecule has 3 heterocycles. The van der Waals surface area contributed by atoms with Gasteiger partial charge in [0, 0.05) is 62.8 Å². The van der Waals surface area contributed by atoms with Gasteiger partial charge in [0.15, 0.2) is 17.4 Å². The smallest absolute Gasteiger partial charge is 0.323 e. The van der Waals surface area contributed by atoms with Crippen LogP contribution < -0.4 is 20.3 Å². The molecule has 2 amide bonds. The first-order valence-corrected chi connectivity index (χ1v) is 13.6. The van der Waals surface area contributed by atoms with E-state index in [0.29, 0.717) is 37.9 Å². The number of aromatic nitrogens is 2. The molecule has 206 valence electrons. The number of piperazine rings is 1. The number of hydrogen-bond acceptors (Lipinski definition) is 8. The summed E-state index contributed by atoms with van der Waals surface area (Å²) in [5.74, 6) is 2.22. The van der Waals surface area contributed by atoms with Gasteiger partial charge in [0.1, 0.15) is 5.69 Å². The van der Waals surface area contributed by atoms with Crippen LogP contribution in [0.5, 0.6) is 5.75 Å². The van der Waals surface area contributed by atoms with Gasteiger partial charge in [0.25, 0.3) is 0 Å². The number of anilines is 3. The Morgan fingerprint density at radius 1 is 0.897 bits per heavy atom. The van der Waals surface area contributed by atoms with Gasteiger partial charge in [-0.2, -0.15) is 0 Å². The Labute approximate surface area is 229 Å². The summed E-state index contributed by atoms with van der Waals surface area (Å²) in [6, 6.07) is 16.7. The fourth-order valence-electron chi connectivity index (χ4n) is 4.74. The lowest BCUT2D eigenvalue weighted by atomic mass is 10.1. The minimum atomic E-state index is -0.296. The number of benzene rings is 2. The molecule has 2 N–H and O–H groups in total. The number of para-hydroxylation sites is 1. The number of hydrogen-bond donors (Lipinski definition) is 2. The van der Waals surface area contributed by atoms with Crippen molar-refractivity contribution in [2.45, 2.75) is 13.5 Å². The van der Waals surface area contributed by atoms with Crippen LogP contribution in [0.25, 0.3) is 11.4 Å². The molecule has 0 radical (unpaired) electrons. The average molecular weight is 532 g/mol. The summed E-state index contributed by atoms with van der Waals surface area (Å²) in [5, 5.41) is 5.72. The number of nitrogens with one attached hydrogen (secondary N) is 2. The summed E-state index contributed by atoms with van der Waals surface area (Å²) in [6.45, 7) is 10.1. The number of amides is 2. The number of rotatable bonds is 8. The third-order valence-corrected chi connectivity index (χ3v) is 6.92. The van der Waals surface area contributed by atoms with Gasteiger partial charge in [-0.15, -0.1) is 0 Å². The maximum Gasteiger partial charge on any atom is 0.323 e. The Morgan fingerprint density at radius 2 is 1.56 bits per heavy atom. The van der Waals surface area contributed by atoms with Gasteiger partial charge >= 0.3 is 6.03 Å². The Morgan fingerprint density at radius 3 is 2.23 bits per heavy atom. The molecule has 10 heteroatoms. The molecule has 0 saturated carbocycles. The predicted octanol–water partition coefficient (Wildman–Crippen LogP) is 3.77. The van der Waals surface area contributed by atoms with Crippen molar-refractivity contribution in [2.24, 2.45) is 0 Å². The minimum Gasteiger partial charge on any atom is -0.488 e. The van der Waals surface area contributed by atoms with Crippen molar-refractivity contribution in [3.8, 4) is 17.1 Å². The number of nitrogens with zero attached hydrogens (tertiary/aromatic N) is 5. The van der Waals surface area contributed by atoms with Gasteiger partial charge in [0.05, 0.1) is 19.8 Å². The van der Waals surface area contributed by atoms with Crippen LogP contribution in [0.3, 0.4) is 0 Å². The van der Waals surface area contributed by atoms with E-state index < -0.39 is 0 Å². The fourth-order valence-corrected chi connectivity index (χ4v) is 4.74. The van der Waals surface area contributed by atoms with Crippen LogP contribution in [0, 0.1) is 0 Å². The van der Waals surface area contributed by atoms with Crippen LogP contribution in [-0.2, 0) is 11.3 Å². The van der Waals surface area contributed by atoms with E-state index in [9.17, 15) is 4.79 Å². The van der Waals surface area contributed by atoms with Crippen LogP contribution in [-0.4, -0.2) is 91.9 Å². The van der Waals surface area contributed by atoms with Crippen LogP contribution >= 0.6 is 0 Å². The van der Waals surface area contributed by atoms with Crippen LogP contribution in [0.1, 0.15) is 12.6 Å². The lowest BCUT2D eigenvalue weighted by molar-refractivity contribution is 0.122. The van der Waals surface area contributed by atoms with E-state index >= 15 is 0 Å². The van der Waals surface area contributed by atoms with E-state index in [-0.39, 0.29) is 6.03 Å². The molecule has 2 aliphatic rings. The van der Waals surface area contributed by atoms with Gasteiger partial charge in [0.2, 0.25) is 0 Å². The second-order valence-corrected chi connectivity index (χ2v) is 9.78. The largest absolute Gasteiger partial charge is 0.488 e. The van der Waals surface area contributed by atoms with Gasteiger partial charge in [-0.25, -0.2) is 14.8 Å². The highest BCUT2D eigenvalue weighted by Crippen LogP contribution is 2.34. The van der Waals surface area contributed by atoms with E-state index in [1.807, 2.05) is 61.5 Å². The monoisotopic (exact) mass is 531 g/mol. The molecule has 0 unspecified atom stereocenters. The summed E-state index contributed by atoms with van der Waals surface area (Å²) in [4.78, 5) is 29.5. The zero-order chi connectivity index (χ0) is 27.0. The van der Waals surface area contributed by atoms with Crippen LogP contribution in [0.15, 0.2) is 54.6 Å². The van der Waals surface area contributed by atoms with Gasteiger partial charge in [-0.1, -0.05) is 18.2 Å². The molecule has 10 nitrogen and oxygen atoms in total. The SMILES string of the molecule is CCOc1c(CN2CCN(C)CC2)nc(-c2ccc(NC(=O)Nc3ccccc3)cc2)nc1N1CCOCC1. The predicted molar refractivity (Wildman–Crippen MR) is 154 cm³/mol. The van der Waals surface area contributed by atoms with Gasteiger partial charge < -0.3 is 29.9 Å². The average Bonchev–Trinajstić information content (AvgIpc) is 2.96. The van der Waals surface area contributed by atoms with E-state index in [0.717, 1.165) is 67.8 Å². The highest BCUT2D eigenvalue weighted by Gasteiger charge is 2.25. The van der Waals surface area contributed by atoms with E-state index in [1.165, 1.54) is 0 Å². The number of urea groups is 1. The molecule has 0 aliphatic carbocycles. The first-order valence-electron chi connectivity index (χ1n) is 13.6. The summed E-state index contributed by atoms with van der Waals surface area (Å²) in [6.07, 6.45) is 0. The molecule has 3 aromatic rings. The lowest BCUT2D eigenvalue weighted by Crippen LogP contribution is -2.44. The van der Waals surface area contributed by atoms with Crippen molar-refractivity contribution in [3.05, 3.63) is 60.3 Å². The summed E-state index contributed by atoms with van der Waals surface area (Å²) >= 11 is 0. The second-order valence-electron chi connectivity index (χ2n) is 9.78. The Kier molecular flexibility index (Phi) is 8.87. The van der Waals surface area contributed by atoms with Crippen molar-refractivity contribution < 1.29 is 14.3 Å². The number of carbonyl (C=O) groups excluding carboxylic acids is 1. The van der Waals surface area contributed by atoms with Crippen molar-refractivity contribution in [2.75, 3.05) is 81.7 Å². The zero-order valence-corrected chi connectivity index (χ0v) is 22.7. The first-order chi connectivity index (χ1) is 19.1. The third-order valence-electron chi connectivity index (χ3n) is 6.92. The van der Waals surface area contributed by atoms with Crippen molar-refractivity contribution >= 4 is 23.2 Å². The van der Waals surface area contributed by atoms with E-state index in [4.69, 9.17) is 19.4 Å². The van der Waals surface area contributed by atoms with Crippen molar-refractivity contribution in [1.82, 2.24) is 19.8 Å². The summed E-state index contributed by atoms with van der Waals surface area (Å²) in [7, 11) is 2.16. The fraction of sp³-hybridized carbons (Fsp3) is 0.414. The maximum atomic E-state index is 12.4. The molecule has 2 aliphatic heterocycles. The van der Waals surface area contributed by atoms with Gasteiger partial charge in [-0.05, 0) is 50.4 Å². The Hall–Kier alpha value is -3.73. The Bertz CT molecular complexity index is 1230. The second kappa shape index (κ2) is 12.9. The maximum absolute atomic E-state index is 12.4. The van der Waals surface area contributed by atoms with Crippen LogP contribution in [0.4, 0.5) is 22.0 Å². The summed E-state index contributed by atoms with van der Waals surface area (Å²) in [5.41, 5.74) is 3.20. The molecular formula is C29H37N7O3. The molecule has 2 fully saturated rings.